The van der Waals surface area contributed by atoms with Crippen LogP contribution in [0.25, 0.3) is 0 Å². The minimum absolute atomic E-state index is 0.119. The fourth-order valence-electron chi connectivity index (χ4n) is 3.00. The third kappa shape index (κ3) is 5.39. The van der Waals surface area contributed by atoms with Crippen LogP contribution >= 0.6 is 11.6 Å². The van der Waals surface area contributed by atoms with Gasteiger partial charge in [-0.25, -0.2) is 0 Å². The van der Waals surface area contributed by atoms with Crippen molar-refractivity contribution in [3.8, 4) is 5.75 Å². The predicted molar refractivity (Wildman–Crippen MR) is 121 cm³/mol. The van der Waals surface area contributed by atoms with Crippen LogP contribution in [0.2, 0.25) is 5.02 Å². The Balaban J connectivity index is 1.54. The molecule has 3 aromatic rings. The summed E-state index contributed by atoms with van der Waals surface area (Å²) in [6.45, 7) is 5.55. The maximum Gasteiger partial charge on any atom is 0.262 e. The third-order valence-corrected chi connectivity index (χ3v) is 5.19. The fourth-order valence-corrected chi connectivity index (χ4v) is 3.11. The minimum atomic E-state index is -0.281. The highest BCUT2D eigenvalue weighted by Gasteiger charge is 2.10. The van der Waals surface area contributed by atoms with Crippen LogP contribution < -0.4 is 15.4 Å². The lowest BCUT2D eigenvalue weighted by Crippen LogP contribution is -2.20. The van der Waals surface area contributed by atoms with Gasteiger partial charge in [-0.05, 0) is 79.9 Å². The van der Waals surface area contributed by atoms with E-state index in [4.69, 9.17) is 16.3 Å². The molecule has 0 radical (unpaired) electrons. The number of aryl methyl sites for hydroxylation is 3. The summed E-state index contributed by atoms with van der Waals surface area (Å²) in [6, 6.07) is 17.9. The maximum absolute atomic E-state index is 12.4. The lowest BCUT2D eigenvalue weighted by atomic mass is 10.1. The first-order valence-corrected chi connectivity index (χ1v) is 9.87. The summed E-state index contributed by atoms with van der Waals surface area (Å²) in [4.78, 5) is 24.6. The van der Waals surface area contributed by atoms with Gasteiger partial charge in [-0.15, -0.1) is 0 Å². The number of halogens is 1. The van der Waals surface area contributed by atoms with Crippen LogP contribution in [0.3, 0.4) is 0 Å². The molecule has 0 aliphatic rings. The Morgan fingerprint density at radius 3 is 2.00 bits per heavy atom. The number of anilines is 2. The summed E-state index contributed by atoms with van der Waals surface area (Å²) in [5, 5.41) is 6.32. The maximum atomic E-state index is 12.4. The zero-order valence-corrected chi connectivity index (χ0v) is 17.8. The molecule has 0 atom stereocenters. The molecule has 0 saturated carbocycles. The quantitative estimate of drug-likeness (QED) is 0.548. The molecule has 6 heteroatoms. The molecule has 0 fully saturated rings. The van der Waals surface area contributed by atoms with Crippen LogP contribution in [0.1, 0.15) is 27.0 Å². The molecule has 2 amide bonds. The number of hydrogen-bond donors (Lipinski definition) is 2. The van der Waals surface area contributed by atoms with Gasteiger partial charge in [-0.2, -0.15) is 0 Å². The number of hydrogen-bond acceptors (Lipinski definition) is 3. The minimum Gasteiger partial charge on any atom is -0.484 e. The van der Waals surface area contributed by atoms with Crippen molar-refractivity contribution in [2.45, 2.75) is 20.8 Å². The average molecular weight is 423 g/mol. The van der Waals surface area contributed by atoms with E-state index in [1.54, 1.807) is 42.5 Å². The van der Waals surface area contributed by atoms with Gasteiger partial charge in [0.15, 0.2) is 6.61 Å². The molecule has 0 aliphatic carbocycles. The van der Waals surface area contributed by atoms with Crippen LogP contribution in [0.4, 0.5) is 11.4 Å². The highest BCUT2D eigenvalue weighted by atomic mass is 35.5. The number of ether oxygens (including phenoxy) is 1. The monoisotopic (exact) mass is 422 g/mol. The van der Waals surface area contributed by atoms with Gasteiger partial charge in [0.1, 0.15) is 5.75 Å². The largest absolute Gasteiger partial charge is 0.484 e. The van der Waals surface area contributed by atoms with Crippen LogP contribution in [0.15, 0.2) is 60.7 Å². The molecule has 0 aliphatic heterocycles. The van der Waals surface area contributed by atoms with Gasteiger partial charge in [0.2, 0.25) is 0 Å². The molecule has 3 aromatic carbocycles. The van der Waals surface area contributed by atoms with E-state index in [0.29, 0.717) is 27.7 Å². The first kappa shape index (κ1) is 21.4. The average Bonchev–Trinajstić information content (AvgIpc) is 2.72. The lowest BCUT2D eigenvalue weighted by Gasteiger charge is -2.11. The van der Waals surface area contributed by atoms with E-state index in [0.717, 1.165) is 16.7 Å². The first-order chi connectivity index (χ1) is 14.3. The Hall–Kier alpha value is -3.31. The fraction of sp³-hybridized carbons (Fsp3) is 0.167. The van der Waals surface area contributed by atoms with Crippen molar-refractivity contribution in [3.63, 3.8) is 0 Å². The Morgan fingerprint density at radius 2 is 1.40 bits per heavy atom. The van der Waals surface area contributed by atoms with Gasteiger partial charge < -0.3 is 15.4 Å². The summed E-state index contributed by atoms with van der Waals surface area (Å²) in [5.74, 6) is 0.141. The number of nitrogens with one attached hydrogen (secondary N) is 2. The molecule has 0 unspecified atom stereocenters. The number of benzene rings is 3. The van der Waals surface area contributed by atoms with E-state index in [2.05, 4.69) is 10.6 Å². The Morgan fingerprint density at radius 1 is 0.833 bits per heavy atom. The normalized spacial score (nSPS) is 10.4. The molecule has 30 heavy (non-hydrogen) atoms. The second-order valence-electron chi connectivity index (χ2n) is 7.05. The van der Waals surface area contributed by atoms with Crippen molar-refractivity contribution >= 4 is 34.8 Å². The third-order valence-electron chi connectivity index (χ3n) is 4.60. The molecule has 154 valence electrons. The van der Waals surface area contributed by atoms with Crippen molar-refractivity contribution in [1.29, 1.82) is 0 Å². The first-order valence-electron chi connectivity index (χ1n) is 9.50. The molecule has 0 saturated heterocycles. The molecular formula is C24H23ClN2O3. The molecule has 2 N–H and O–H groups in total. The molecular weight excluding hydrogens is 400 g/mol. The zero-order valence-electron chi connectivity index (χ0n) is 17.1. The van der Waals surface area contributed by atoms with Gasteiger partial charge in [-0.1, -0.05) is 29.8 Å². The van der Waals surface area contributed by atoms with Crippen LogP contribution in [-0.4, -0.2) is 18.4 Å². The highest BCUT2D eigenvalue weighted by molar-refractivity contribution is 6.32. The second kappa shape index (κ2) is 9.46. The number of amides is 2. The van der Waals surface area contributed by atoms with E-state index in [9.17, 15) is 9.59 Å². The Labute approximate surface area is 181 Å². The second-order valence-corrected chi connectivity index (χ2v) is 7.43. The van der Waals surface area contributed by atoms with Gasteiger partial charge >= 0.3 is 0 Å². The standard InChI is InChI=1S/C24H23ClN2O3/c1-15-6-4-5-7-21(15)24(29)27-19-10-8-18(9-11-19)26-22(28)14-30-20-12-16(2)23(25)17(3)13-20/h4-13H,14H2,1-3H3,(H,26,28)(H,27,29). The molecule has 3 rings (SSSR count). The number of carbonyl (C=O) groups excluding carboxylic acids is 2. The zero-order chi connectivity index (χ0) is 21.7. The number of carbonyl (C=O) groups is 2. The van der Waals surface area contributed by atoms with E-state index in [-0.39, 0.29) is 18.4 Å². The van der Waals surface area contributed by atoms with E-state index in [1.807, 2.05) is 39.0 Å². The van der Waals surface area contributed by atoms with Gasteiger partial charge in [0, 0.05) is 22.0 Å². The summed E-state index contributed by atoms with van der Waals surface area (Å²) >= 11 is 6.15. The van der Waals surface area contributed by atoms with E-state index >= 15 is 0 Å². The van der Waals surface area contributed by atoms with Gasteiger partial charge in [-0.3, -0.25) is 9.59 Å². The summed E-state index contributed by atoms with van der Waals surface area (Å²) in [6.07, 6.45) is 0. The highest BCUT2D eigenvalue weighted by Crippen LogP contribution is 2.26. The van der Waals surface area contributed by atoms with Gasteiger partial charge in [0.05, 0.1) is 0 Å². The topological polar surface area (TPSA) is 67.4 Å². The van der Waals surface area contributed by atoms with Crippen LogP contribution in [-0.2, 0) is 4.79 Å². The van der Waals surface area contributed by atoms with Crippen molar-refractivity contribution in [2.75, 3.05) is 17.2 Å². The van der Waals surface area contributed by atoms with Crippen LogP contribution in [0, 0.1) is 20.8 Å². The summed E-state index contributed by atoms with van der Waals surface area (Å²) in [5.41, 5.74) is 4.58. The van der Waals surface area contributed by atoms with E-state index in [1.165, 1.54) is 0 Å². The number of rotatable bonds is 6. The van der Waals surface area contributed by atoms with Crippen LogP contribution in [0.5, 0.6) is 5.75 Å². The Bertz CT molecular complexity index is 1060. The molecule has 0 bridgehead atoms. The van der Waals surface area contributed by atoms with Crippen molar-refractivity contribution < 1.29 is 14.3 Å². The summed E-state index contributed by atoms with van der Waals surface area (Å²) in [7, 11) is 0. The van der Waals surface area contributed by atoms with E-state index < -0.39 is 0 Å². The van der Waals surface area contributed by atoms with Gasteiger partial charge in [0.25, 0.3) is 11.8 Å². The smallest absolute Gasteiger partial charge is 0.262 e. The molecule has 0 spiro atoms. The lowest BCUT2D eigenvalue weighted by molar-refractivity contribution is -0.118. The van der Waals surface area contributed by atoms with Crippen molar-refractivity contribution in [2.24, 2.45) is 0 Å². The molecule has 5 nitrogen and oxygen atoms in total. The molecule has 0 aromatic heterocycles. The van der Waals surface area contributed by atoms with Crippen molar-refractivity contribution in [1.82, 2.24) is 0 Å². The SMILES string of the molecule is Cc1ccccc1C(=O)Nc1ccc(NC(=O)COc2cc(C)c(Cl)c(C)c2)cc1. The van der Waals surface area contributed by atoms with Crippen molar-refractivity contribution in [3.05, 3.63) is 87.9 Å². The summed E-state index contributed by atoms with van der Waals surface area (Å²) < 4.78 is 5.57. The Kier molecular flexibility index (Phi) is 6.75. The predicted octanol–water partition coefficient (Wildman–Crippen LogP) is 5.54. The molecule has 0 heterocycles.